The largest absolute Gasteiger partial charge is 0.504 e. The molecule has 0 saturated carbocycles. The van der Waals surface area contributed by atoms with Gasteiger partial charge in [0.2, 0.25) is 5.75 Å². The van der Waals surface area contributed by atoms with Crippen molar-refractivity contribution in [1.29, 1.82) is 0 Å². The Kier molecular flexibility index (Phi) is 7.71. The molecule has 0 unspecified atom stereocenters. The summed E-state index contributed by atoms with van der Waals surface area (Å²) >= 11 is 0. The molecule has 8 heteroatoms. The Morgan fingerprint density at radius 1 is 0.689 bits per heavy atom. The summed E-state index contributed by atoms with van der Waals surface area (Å²) in [5.41, 5.74) is 6.93. The maximum Gasteiger partial charge on any atom is 0.204 e. The molecule has 6 bridgehead atoms. The van der Waals surface area contributed by atoms with Crippen LogP contribution in [0.3, 0.4) is 0 Å². The van der Waals surface area contributed by atoms with Crippen molar-refractivity contribution in [3.63, 3.8) is 0 Å². The third-order valence-electron chi connectivity index (χ3n) is 9.64. The summed E-state index contributed by atoms with van der Waals surface area (Å²) in [5, 5.41) is 10.7. The number of likely N-dealkylation sites (N-methyl/N-ethyl adjacent to an activating group) is 2. The van der Waals surface area contributed by atoms with Gasteiger partial charge in [0.25, 0.3) is 0 Å². The number of benzene rings is 4. The van der Waals surface area contributed by atoms with E-state index in [4.69, 9.17) is 23.7 Å². The van der Waals surface area contributed by atoms with Crippen LogP contribution in [-0.2, 0) is 25.7 Å². The number of phenolic OH excluding ortho intramolecular Hbond substituents is 1. The molecule has 0 radical (unpaired) electrons. The van der Waals surface area contributed by atoms with E-state index in [-0.39, 0.29) is 17.8 Å². The number of hydrogen-bond acceptors (Lipinski definition) is 8. The summed E-state index contributed by atoms with van der Waals surface area (Å²) in [6, 6.07) is 20.2. The summed E-state index contributed by atoms with van der Waals surface area (Å²) in [6.45, 7) is 1.82. The van der Waals surface area contributed by atoms with Crippen LogP contribution in [0, 0.1) is 0 Å². The lowest BCUT2D eigenvalue weighted by Crippen LogP contribution is -2.34. The van der Waals surface area contributed by atoms with Gasteiger partial charge in [0.1, 0.15) is 5.75 Å². The smallest absolute Gasteiger partial charge is 0.204 e. The second-order valence-electron chi connectivity index (χ2n) is 12.3. The van der Waals surface area contributed by atoms with E-state index in [1.807, 2.05) is 24.3 Å². The van der Waals surface area contributed by atoms with E-state index in [1.54, 1.807) is 27.4 Å². The Bertz CT molecular complexity index is 1740. The van der Waals surface area contributed by atoms with Crippen molar-refractivity contribution in [3.8, 4) is 46.0 Å². The minimum absolute atomic E-state index is 0.0254. The average Bonchev–Trinajstić information content (AvgIpc) is 3.05. The molecule has 0 spiro atoms. The van der Waals surface area contributed by atoms with Gasteiger partial charge < -0.3 is 28.8 Å². The van der Waals surface area contributed by atoms with Gasteiger partial charge in [0.05, 0.1) is 21.3 Å². The lowest BCUT2D eigenvalue weighted by atomic mass is 9.87. The van der Waals surface area contributed by atoms with Crippen LogP contribution in [0.1, 0.15) is 45.5 Å². The summed E-state index contributed by atoms with van der Waals surface area (Å²) in [4.78, 5) is 4.75. The lowest BCUT2D eigenvalue weighted by molar-refractivity contribution is 0.220. The van der Waals surface area contributed by atoms with Gasteiger partial charge >= 0.3 is 0 Å². The highest BCUT2D eigenvalue weighted by molar-refractivity contribution is 5.63. The van der Waals surface area contributed by atoms with E-state index in [0.29, 0.717) is 40.2 Å². The maximum absolute atomic E-state index is 10.7. The zero-order valence-electron chi connectivity index (χ0n) is 26.6. The molecular formula is C37H40N2O6. The van der Waals surface area contributed by atoms with Gasteiger partial charge in [0.15, 0.2) is 34.5 Å². The standard InChI is InChI=1S/C37H40N2O6/c1-38-14-12-24-19-32(41-3)33-21-27(24)28(38)17-23-8-11-30(40)31(18-23)44-26-9-6-22(7-10-26)16-29-35-25(13-15-39(29)2)20-34(42-4)36(43-5)37(35)45-33/h6-11,18-21,28-29,40H,12-17H2,1-5H3/t28-,29+/m0/s1. The van der Waals surface area contributed by atoms with Crippen LogP contribution in [0.4, 0.5) is 0 Å². The quantitative estimate of drug-likeness (QED) is 0.271. The summed E-state index contributed by atoms with van der Waals surface area (Å²) < 4.78 is 31.0. The summed E-state index contributed by atoms with van der Waals surface area (Å²) in [7, 11) is 9.34. The topological polar surface area (TPSA) is 72.9 Å². The third kappa shape index (κ3) is 5.32. The number of ether oxygens (including phenoxy) is 5. The highest BCUT2D eigenvalue weighted by atomic mass is 16.5. The number of phenols is 1. The van der Waals surface area contributed by atoms with Crippen LogP contribution >= 0.6 is 0 Å². The molecule has 0 fully saturated rings. The molecule has 4 aromatic rings. The Balaban J connectivity index is 1.46. The van der Waals surface area contributed by atoms with E-state index in [1.165, 1.54) is 16.7 Å². The van der Waals surface area contributed by atoms with Crippen LogP contribution in [0.25, 0.3) is 0 Å². The van der Waals surface area contributed by atoms with E-state index in [9.17, 15) is 5.11 Å². The van der Waals surface area contributed by atoms with Gasteiger partial charge in [-0.25, -0.2) is 0 Å². The first-order chi connectivity index (χ1) is 21.9. The van der Waals surface area contributed by atoms with Crippen LogP contribution in [-0.4, -0.2) is 63.4 Å². The molecule has 0 amide bonds. The molecule has 8 rings (SSSR count). The van der Waals surface area contributed by atoms with E-state index >= 15 is 0 Å². The molecule has 4 aromatic carbocycles. The molecule has 4 aliphatic heterocycles. The van der Waals surface area contributed by atoms with Crippen molar-refractivity contribution in [1.82, 2.24) is 9.80 Å². The van der Waals surface area contributed by atoms with Crippen molar-refractivity contribution in [2.45, 2.75) is 37.8 Å². The Hall–Kier alpha value is -4.40. The first-order valence-corrected chi connectivity index (χ1v) is 15.5. The van der Waals surface area contributed by atoms with Gasteiger partial charge in [-0.15, -0.1) is 0 Å². The zero-order valence-corrected chi connectivity index (χ0v) is 26.6. The molecule has 45 heavy (non-hydrogen) atoms. The van der Waals surface area contributed by atoms with E-state index in [2.05, 4.69) is 54.2 Å². The molecule has 1 N–H and O–H groups in total. The molecule has 2 atom stereocenters. The zero-order chi connectivity index (χ0) is 31.2. The minimum atomic E-state index is 0.0254. The van der Waals surface area contributed by atoms with E-state index < -0.39 is 0 Å². The molecule has 234 valence electrons. The number of aromatic hydroxyl groups is 1. The summed E-state index contributed by atoms with van der Waals surface area (Å²) in [5.74, 6) is 4.44. The molecular weight excluding hydrogens is 568 g/mol. The van der Waals surface area contributed by atoms with Crippen LogP contribution < -0.4 is 23.7 Å². The monoisotopic (exact) mass is 608 g/mol. The van der Waals surface area contributed by atoms with E-state index in [0.717, 1.165) is 55.5 Å². The highest BCUT2D eigenvalue weighted by Gasteiger charge is 2.34. The Labute approximate surface area is 264 Å². The van der Waals surface area contributed by atoms with Crippen LogP contribution in [0.15, 0.2) is 60.7 Å². The van der Waals surface area contributed by atoms with Crippen molar-refractivity contribution in [2.75, 3.05) is 48.5 Å². The van der Waals surface area contributed by atoms with Crippen molar-refractivity contribution in [3.05, 3.63) is 94.0 Å². The second-order valence-corrected chi connectivity index (χ2v) is 12.3. The fourth-order valence-electron chi connectivity index (χ4n) is 7.11. The normalized spacial score (nSPS) is 19.4. The van der Waals surface area contributed by atoms with Gasteiger partial charge in [0, 0.05) is 30.7 Å². The third-order valence-corrected chi connectivity index (χ3v) is 9.64. The molecule has 4 heterocycles. The number of hydrogen-bond donors (Lipinski definition) is 1. The van der Waals surface area contributed by atoms with Gasteiger partial charge in [-0.2, -0.15) is 0 Å². The predicted molar refractivity (Wildman–Crippen MR) is 173 cm³/mol. The van der Waals surface area contributed by atoms with Crippen LogP contribution in [0.2, 0.25) is 0 Å². The van der Waals surface area contributed by atoms with Crippen molar-refractivity contribution >= 4 is 0 Å². The van der Waals surface area contributed by atoms with Crippen LogP contribution in [0.5, 0.6) is 46.0 Å². The lowest BCUT2D eigenvalue weighted by Gasteiger charge is -2.37. The fraction of sp³-hybridized carbons (Fsp3) is 0.351. The Morgan fingerprint density at radius 3 is 2.09 bits per heavy atom. The van der Waals surface area contributed by atoms with Crippen molar-refractivity contribution < 1.29 is 28.8 Å². The number of nitrogens with zero attached hydrogens (tertiary/aromatic N) is 2. The fourth-order valence-corrected chi connectivity index (χ4v) is 7.11. The maximum atomic E-state index is 10.7. The number of rotatable bonds is 3. The molecule has 0 aliphatic carbocycles. The molecule has 8 nitrogen and oxygen atoms in total. The molecule has 0 saturated heterocycles. The second kappa shape index (κ2) is 11.8. The predicted octanol–water partition coefficient (Wildman–Crippen LogP) is 6.86. The minimum Gasteiger partial charge on any atom is -0.504 e. The average molecular weight is 609 g/mol. The first-order valence-electron chi connectivity index (χ1n) is 15.5. The summed E-state index contributed by atoms with van der Waals surface area (Å²) in [6.07, 6.45) is 3.25. The molecule has 4 aliphatic rings. The van der Waals surface area contributed by atoms with Gasteiger partial charge in [-0.05, 0) is 110 Å². The number of fused-ring (bicyclic) bond motifs is 2. The first kappa shape index (κ1) is 29.3. The Morgan fingerprint density at radius 2 is 1.36 bits per heavy atom. The van der Waals surface area contributed by atoms with Gasteiger partial charge in [-0.1, -0.05) is 18.2 Å². The van der Waals surface area contributed by atoms with Crippen molar-refractivity contribution in [2.24, 2.45) is 0 Å². The van der Waals surface area contributed by atoms with Gasteiger partial charge in [-0.3, -0.25) is 9.80 Å². The number of methoxy groups -OCH3 is 3. The highest BCUT2D eigenvalue weighted by Crippen LogP contribution is 2.51. The SMILES string of the molecule is COc1cc2c3cc1Oc1c(OC)c(OC)cc4c1[C@@H](Cc1ccc(cc1)Oc1cc(ccc1O)C[C@@H]3N(C)CC2)N(C)CC4. The molecule has 0 aromatic heterocycles.